The van der Waals surface area contributed by atoms with E-state index in [2.05, 4.69) is 19.6 Å². The Bertz CT molecular complexity index is 3960. The lowest BCUT2D eigenvalue weighted by Crippen LogP contribution is -2.28. The van der Waals surface area contributed by atoms with Gasteiger partial charge in [0.2, 0.25) is 0 Å². The molecule has 4 saturated heterocycles. The van der Waals surface area contributed by atoms with E-state index >= 15 is 4.79 Å². The van der Waals surface area contributed by atoms with E-state index in [1.165, 1.54) is 61.2 Å². The topological polar surface area (TPSA) is 154 Å². The van der Waals surface area contributed by atoms with Crippen LogP contribution in [0.4, 0.5) is 26.3 Å². The van der Waals surface area contributed by atoms with Gasteiger partial charge in [-0.2, -0.15) is 43.2 Å². The number of ether oxygens (including phenoxy) is 4. The maximum Gasteiger partial charge on any atom is 0.534 e. The lowest BCUT2D eigenvalue weighted by Gasteiger charge is -2.24. The number of fused-ring (bicyclic) bond motifs is 2. The highest BCUT2D eigenvalue weighted by molar-refractivity contribution is 7.88. The standard InChI is InChI=1S/C67H68F6N4O11S4/c1-83-62-45(41-76-31-7-8-32-76)15-23-51(57(62)59-53-39-49(87-91(79,80)66(68,69)70)21-25-55(53)89-64(59)43-11-17-47(18-12-43)85-37-35-74-27-3-4-28-74)61(78)52-24-16-46(42-77-33-9-10-34-77)63(84-2)58(52)60-54-40-50(88-92(81,82)67(71,72)73)22-26-56(54)90-65(60)44-13-19-48(20-14-44)86-38-36-75-29-5-6-30-75/h11-26,39-40H,3-10,27-38,41-42H2,1-2H3. The maximum absolute atomic E-state index is 16.9. The molecule has 6 aromatic carbocycles. The Hall–Kier alpha value is -6.97. The molecule has 92 heavy (non-hydrogen) atoms. The Labute approximate surface area is 538 Å². The summed E-state index contributed by atoms with van der Waals surface area (Å²) in [6, 6.07) is 29.1. The Kier molecular flexibility index (Phi) is 19.2. The molecule has 8 aromatic rings. The highest BCUT2D eigenvalue weighted by Crippen LogP contribution is 2.55. The predicted molar refractivity (Wildman–Crippen MR) is 344 cm³/mol. The van der Waals surface area contributed by atoms with Crippen LogP contribution in [0, 0.1) is 0 Å². The van der Waals surface area contributed by atoms with Crippen LogP contribution in [0.2, 0.25) is 0 Å². The quantitative estimate of drug-likeness (QED) is 0.0244. The molecule has 12 rings (SSSR count). The average molecular weight is 1350 g/mol. The van der Waals surface area contributed by atoms with Gasteiger partial charge in [0.05, 0.1) is 14.2 Å². The summed E-state index contributed by atoms with van der Waals surface area (Å²) < 4.78 is 171. The molecule has 25 heteroatoms. The smallest absolute Gasteiger partial charge is 0.496 e. The molecule has 0 spiro atoms. The van der Waals surface area contributed by atoms with Crippen LogP contribution in [-0.2, 0) is 33.3 Å². The molecule has 4 aliphatic rings. The third kappa shape index (κ3) is 13.8. The number of hydrogen-bond acceptors (Lipinski definition) is 17. The molecule has 6 heterocycles. The Morgan fingerprint density at radius 1 is 0.446 bits per heavy atom. The molecule has 0 saturated carbocycles. The van der Waals surface area contributed by atoms with Gasteiger partial charge in [0.15, 0.2) is 5.78 Å². The van der Waals surface area contributed by atoms with Gasteiger partial charge in [-0.05, 0) is 212 Å². The van der Waals surface area contributed by atoms with Gasteiger partial charge < -0.3 is 27.3 Å². The molecule has 0 N–H and O–H groups in total. The fraction of sp³-hybridized carbons (Fsp3) is 0.388. The lowest BCUT2D eigenvalue weighted by atomic mass is 9.84. The number of ketones is 1. The van der Waals surface area contributed by atoms with Gasteiger partial charge in [-0.15, -0.1) is 22.7 Å². The summed E-state index contributed by atoms with van der Waals surface area (Å²) >= 11 is 2.50. The molecule has 0 atom stereocenters. The highest BCUT2D eigenvalue weighted by atomic mass is 32.2. The van der Waals surface area contributed by atoms with Crippen LogP contribution in [0.3, 0.4) is 0 Å². The molecule has 2 aromatic heterocycles. The second-order valence-electron chi connectivity index (χ2n) is 23.4. The van der Waals surface area contributed by atoms with E-state index < -0.39 is 48.5 Å². The number of nitrogens with zero attached hydrogens (tertiary/aromatic N) is 4. The minimum Gasteiger partial charge on any atom is -0.496 e. The molecule has 4 aliphatic heterocycles. The molecule has 4 fully saturated rings. The molecule has 15 nitrogen and oxygen atoms in total. The lowest BCUT2D eigenvalue weighted by molar-refractivity contribution is -0.0504. The van der Waals surface area contributed by atoms with Gasteiger partial charge in [-0.1, -0.05) is 12.1 Å². The van der Waals surface area contributed by atoms with E-state index in [-0.39, 0.29) is 44.5 Å². The summed E-state index contributed by atoms with van der Waals surface area (Å²) in [5, 5.41) is 0.456. The van der Waals surface area contributed by atoms with Gasteiger partial charge in [0, 0.05) is 101 Å². The first-order valence-electron chi connectivity index (χ1n) is 30.6. The van der Waals surface area contributed by atoms with Crippen LogP contribution in [0.15, 0.2) is 109 Å². The van der Waals surface area contributed by atoms with Crippen molar-refractivity contribution in [1.82, 2.24) is 19.6 Å². The van der Waals surface area contributed by atoms with Gasteiger partial charge in [-0.3, -0.25) is 24.4 Å². The van der Waals surface area contributed by atoms with E-state index in [0.29, 0.717) is 90.3 Å². The number of halogens is 6. The minimum atomic E-state index is -6.17. The average Bonchev–Trinajstić information content (AvgIpc) is 1.61. The third-order valence-corrected chi connectivity index (χ3v) is 21.7. The van der Waals surface area contributed by atoms with Gasteiger partial charge in [0.25, 0.3) is 0 Å². The van der Waals surface area contributed by atoms with E-state index in [4.69, 9.17) is 27.3 Å². The van der Waals surface area contributed by atoms with Crippen LogP contribution in [0.5, 0.6) is 34.5 Å². The second kappa shape index (κ2) is 27.2. The fourth-order valence-electron chi connectivity index (χ4n) is 12.9. The largest absolute Gasteiger partial charge is 0.534 e. The van der Waals surface area contributed by atoms with Crippen molar-refractivity contribution in [3.05, 3.63) is 131 Å². The molecule has 488 valence electrons. The van der Waals surface area contributed by atoms with E-state index in [9.17, 15) is 43.2 Å². The first kappa shape index (κ1) is 65.1. The van der Waals surface area contributed by atoms with Crippen LogP contribution in [0.1, 0.15) is 78.4 Å². The Morgan fingerprint density at radius 2 is 0.783 bits per heavy atom. The first-order valence-corrected chi connectivity index (χ1v) is 35.1. The van der Waals surface area contributed by atoms with Crippen molar-refractivity contribution in [3.63, 3.8) is 0 Å². The van der Waals surface area contributed by atoms with Crippen molar-refractivity contribution in [3.8, 4) is 77.6 Å². The zero-order chi connectivity index (χ0) is 64.5. The van der Waals surface area contributed by atoms with Gasteiger partial charge in [0.1, 0.15) is 47.7 Å². The van der Waals surface area contributed by atoms with E-state index in [1.54, 1.807) is 48.5 Å². The SMILES string of the molecule is COc1c(CN2CCCC2)ccc(C(=O)c2ccc(CN3CCCC3)c(OC)c2-c2c(-c3ccc(OCCN4CCCC4)cc3)sc3ccc(OS(=O)(=O)C(F)(F)F)cc23)c1-c1c(-c2ccc(OCCN3CCCC3)cc2)sc2ccc(OS(=O)(=O)C(F)(F)F)cc12. The van der Waals surface area contributed by atoms with Crippen molar-refractivity contribution in [2.45, 2.75) is 75.5 Å². The number of alkyl halides is 6. The molecule has 0 unspecified atom stereocenters. The Morgan fingerprint density at radius 3 is 1.12 bits per heavy atom. The van der Waals surface area contributed by atoms with E-state index in [1.807, 2.05) is 24.3 Å². The normalized spacial score (nSPS) is 16.5. The minimum absolute atomic E-state index is 0.0384. The van der Waals surface area contributed by atoms with E-state index in [0.717, 1.165) is 129 Å². The summed E-state index contributed by atoms with van der Waals surface area (Å²) in [5.74, 6) is -0.257. The van der Waals surface area contributed by atoms with Crippen molar-refractivity contribution < 1.29 is 75.3 Å². The van der Waals surface area contributed by atoms with Crippen molar-refractivity contribution >= 4 is 68.9 Å². The molecule has 0 bridgehead atoms. The third-order valence-electron chi connectivity index (χ3n) is 17.3. The number of rotatable bonds is 24. The van der Waals surface area contributed by atoms with Crippen molar-refractivity contribution in [2.75, 3.05) is 92.9 Å². The molecule has 0 amide bonds. The van der Waals surface area contributed by atoms with Crippen molar-refractivity contribution in [1.29, 1.82) is 0 Å². The molecule has 0 radical (unpaired) electrons. The summed E-state index contributed by atoms with van der Waals surface area (Å²) in [6.07, 6.45) is 8.24. The number of methoxy groups -OCH3 is 2. The predicted octanol–water partition coefficient (Wildman–Crippen LogP) is 14.6. The highest BCUT2D eigenvalue weighted by Gasteiger charge is 2.50. The zero-order valence-corrected chi connectivity index (χ0v) is 53.9. The first-order chi connectivity index (χ1) is 44.2. The number of thiophene rings is 2. The Balaban J connectivity index is 1.09. The maximum atomic E-state index is 16.9. The summed E-state index contributed by atoms with van der Waals surface area (Å²) in [5.41, 5.74) is -7.88. The fourth-order valence-corrected chi connectivity index (χ4v) is 16.2. The van der Waals surface area contributed by atoms with Crippen LogP contribution in [-0.4, -0.2) is 146 Å². The van der Waals surface area contributed by atoms with Crippen LogP contribution < -0.4 is 27.3 Å². The van der Waals surface area contributed by atoms with Gasteiger partial charge >= 0.3 is 31.3 Å². The number of hydrogen-bond donors (Lipinski definition) is 0. The number of benzene rings is 6. The summed E-state index contributed by atoms with van der Waals surface area (Å²) in [7, 11) is -9.42. The number of carbonyl (C=O) groups is 1. The summed E-state index contributed by atoms with van der Waals surface area (Å²) in [6.45, 7) is 10.1. The molecular formula is C67H68F6N4O11S4. The summed E-state index contributed by atoms with van der Waals surface area (Å²) in [4.78, 5) is 27.1. The molecule has 0 aliphatic carbocycles. The monoisotopic (exact) mass is 1350 g/mol. The van der Waals surface area contributed by atoms with Crippen LogP contribution >= 0.6 is 22.7 Å². The zero-order valence-electron chi connectivity index (χ0n) is 50.6. The van der Waals surface area contributed by atoms with Crippen molar-refractivity contribution in [2.24, 2.45) is 0 Å². The number of carbonyl (C=O) groups excluding carboxylic acids is 1. The molecular weight excluding hydrogens is 1280 g/mol. The second-order valence-corrected chi connectivity index (χ2v) is 28.6. The van der Waals surface area contributed by atoms with Gasteiger partial charge in [-0.25, -0.2) is 0 Å². The number of likely N-dealkylation sites (tertiary alicyclic amines) is 4. The van der Waals surface area contributed by atoms with Crippen LogP contribution in [0.25, 0.3) is 63.3 Å².